The highest BCUT2D eigenvalue weighted by Crippen LogP contribution is 2.43. The topological polar surface area (TPSA) is 130 Å². The number of carbonyl (C=O) groups is 3. The van der Waals surface area contributed by atoms with Gasteiger partial charge < -0.3 is 21.1 Å². The highest BCUT2D eigenvalue weighted by atomic mass is 32.2. The number of carboxylic acids is 1. The molecular weight excluding hydrogens is 346 g/mol. The number of fused-ring (bicyclic) bond motifs is 1. The van der Waals surface area contributed by atoms with Crippen molar-refractivity contribution >= 4 is 28.6 Å². The van der Waals surface area contributed by atoms with Gasteiger partial charge in [-0.3, -0.25) is 13.8 Å². The molecule has 0 bridgehead atoms. The van der Waals surface area contributed by atoms with E-state index < -0.39 is 56.8 Å². The fourth-order valence-electron chi connectivity index (χ4n) is 3.35. The van der Waals surface area contributed by atoms with Crippen molar-refractivity contribution in [2.75, 3.05) is 0 Å². The highest BCUT2D eigenvalue weighted by molar-refractivity contribution is 7.87. The zero-order valence-corrected chi connectivity index (χ0v) is 14.5. The molecule has 0 aromatic heterocycles. The van der Waals surface area contributed by atoms with Crippen molar-refractivity contribution in [3.8, 4) is 0 Å². The molecule has 0 radical (unpaired) electrons. The number of carboxylic acid groups (broad SMARTS) is 1. The van der Waals surface area contributed by atoms with Gasteiger partial charge in [-0.1, -0.05) is 30.3 Å². The van der Waals surface area contributed by atoms with Crippen molar-refractivity contribution in [1.82, 2.24) is 10.2 Å². The summed E-state index contributed by atoms with van der Waals surface area (Å²) in [5, 5.41) is 11.0. The predicted molar refractivity (Wildman–Crippen MR) is 89.6 cm³/mol. The molecule has 0 saturated carbocycles. The number of nitrogens with zero attached hydrogens (tertiary/aromatic N) is 1. The number of aliphatic carboxylic acids is 1. The van der Waals surface area contributed by atoms with E-state index >= 15 is 0 Å². The van der Waals surface area contributed by atoms with Crippen molar-refractivity contribution < 1.29 is 23.7 Å². The number of nitrogens with two attached hydrogens (primary N) is 1. The summed E-state index contributed by atoms with van der Waals surface area (Å²) in [5.41, 5.74) is 6.49. The molecular formula is C16H19N3O5S. The van der Waals surface area contributed by atoms with Crippen LogP contribution in [0, 0.1) is 0 Å². The monoisotopic (exact) mass is 365 g/mol. The maximum absolute atomic E-state index is 12.7. The van der Waals surface area contributed by atoms with E-state index in [2.05, 4.69) is 5.32 Å². The Kier molecular flexibility index (Phi) is 4.16. The third-order valence-corrected chi connectivity index (χ3v) is 6.93. The Labute approximate surface area is 146 Å². The van der Waals surface area contributed by atoms with Gasteiger partial charge in [0.15, 0.2) is 0 Å². The molecule has 2 aliphatic heterocycles. The van der Waals surface area contributed by atoms with Crippen molar-refractivity contribution in [3.05, 3.63) is 35.9 Å². The average Bonchev–Trinajstić information content (AvgIpc) is 2.77. The molecule has 134 valence electrons. The molecule has 8 nitrogen and oxygen atoms in total. The summed E-state index contributed by atoms with van der Waals surface area (Å²) in [4.78, 5) is 37.3. The van der Waals surface area contributed by atoms with Crippen LogP contribution in [0.2, 0.25) is 0 Å². The number of carbonyl (C=O) groups excluding carboxylic acids is 2. The second kappa shape index (κ2) is 5.92. The molecule has 25 heavy (non-hydrogen) atoms. The first-order valence-electron chi connectivity index (χ1n) is 7.74. The number of rotatable bonds is 4. The summed E-state index contributed by atoms with van der Waals surface area (Å²) in [6, 6.07) is 5.48. The minimum Gasteiger partial charge on any atom is -0.480 e. The van der Waals surface area contributed by atoms with Crippen LogP contribution in [0.4, 0.5) is 0 Å². The van der Waals surface area contributed by atoms with Gasteiger partial charge in [0.1, 0.15) is 23.5 Å². The molecule has 2 amide bonds. The van der Waals surface area contributed by atoms with E-state index in [1.54, 1.807) is 44.2 Å². The van der Waals surface area contributed by atoms with Crippen LogP contribution in [0.25, 0.3) is 0 Å². The van der Waals surface area contributed by atoms with Gasteiger partial charge in [-0.2, -0.15) is 0 Å². The minimum atomic E-state index is -1.63. The summed E-state index contributed by atoms with van der Waals surface area (Å²) in [6.07, 6.45) is 0. The maximum Gasteiger partial charge on any atom is 0.328 e. The Hall–Kier alpha value is -2.26. The third kappa shape index (κ3) is 2.54. The van der Waals surface area contributed by atoms with E-state index in [-0.39, 0.29) is 0 Å². The quantitative estimate of drug-likeness (QED) is 0.607. The Morgan fingerprint density at radius 2 is 1.92 bits per heavy atom. The summed E-state index contributed by atoms with van der Waals surface area (Å²) in [6.45, 7) is 3.09. The predicted octanol–water partition coefficient (Wildman–Crippen LogP) is -0.666. The standard InChI is InChI=1S/C16H19N3O5S/c1-16(2)11(15(22)23)19-13(21)10(14(19)25(16)24)18-12(20)9(17)8-6-4-3-5-7-8/h3-7,9-11,14H,17H2,1-2H3,(H,18,20)(H,22,23)/t9?,10-,11+,14-,25?/m1/s1. The lowest BCUT2D eigenvalue weighted by Crippen LogP contribution is -2.72. The number of amides is 2. The number of hydrogen-bond donors (Lipinski definition) is 3. The van der Waals surface area contributed by atoms with Gasteiger partial charge in [-0.25, -0.2) is 4.79 Å². The largest absolute Gasteiger partial charge is 0.480 e. The van der Waals surface area contributed by atoms with Crippen LogP contribution in [0.15, 0.2) is 30.3 Å². The van der Waals surface area contributed by atoms with Gasteiger partial charge in [0.2, 0.25) is 11.8 Å². The molecule has 2 heterocycles. The summed E-state index contributed by atoms with van der Waals surface area (Å²) in [7, 11) is -1.63. The van der Waals surface area contributed by atoms with E-state index in [4.69, 9.17) is 5.73 Å². The molecule has 0 aliphatic carbocycles. The first-order valence-corrected chi connectivity index (χ1v) is 8.95. The molecule has 4 N–H and O–H groups in total. The maximum atomic E-state index is 12.7. The van der Waals surface area contributed by atoms with Crippen LogP contribution < -0.4 is 11.1 Å². The number of β-lactam (4-membered cyclic amide) rings is 1. The smallest absolute Gasteiger partial charge is 0.328 e. The molecule has 3 rings (SSSR count). The first kappa shape index (κ1) is 17.6. The second-order valence-electron chi connectivity index (χ2n) is 6.65. The van der Waals surface area contributed by atoms with Crippen molar-refractivity contribution in [2.24, 2.45) is 5.73 Å². The second-order valence-corrected chi connectivity index (χ2v) is 8.78. The molecule has 2 unspecified atom stereocenters. The zero-order valence-electron chi connectivity index (χ0n) is 13.7. The molecule has 1 aromatic rings. The van der Waals surface area contributed by atoms with Gasteiger partial charge in [0.25, 0.3) is 0 Å². The molecule has 2 saturated heterocycles. The van der Waals surface area contributed by atoms with Crippen molar-refractivity contribution in [3.63, 3.8) is 0 Å². The first-order chi connectivity index (χ1) is 11.7. The Morgan fingerprint density at radius 3 is 2.48 bits per heavy atom. The molecule has 5 atom stereocenters. The fourth-order valence-corrected chi connectivity index (χ4v) is 5.27. The van der Waals surface area contributed by atoms with Crippen LogP contribution in [0.1, 0.15) is 25.5 Å². The van der Waals surface area contributed by atoms with Crippen LogP contribution >= 0.6 is 0 Å². The molecule has 0 spiro atoms. The van der Waals surface area contributed by atoms with E-state index in [0.717, 1.165) is 4.90 Å². The molecule has 9 heteroatoms. The number of benzene rings is 1. The van der Waals surface area contributed by atoms with E-state index in [1.165, 1.54) is 0 Å². The Bertz CT molecular complexity index is 766. The zero-order chi connectivity index (χ0) is 18.5. The van der Waals surface area contributed by atoms with E-state index in [9.17, 15) is 23.7 Å². The highest BCUT2D eigenvalue weighted by Gasteiger charge is 2.68. The van der Waals surface area contributed by atoms with Crippen molar-refractivity contribution in [1.29, 1.82) is 0 Å². The van der Waals surface area contributed by atoms with Gasteiger partial charge in [0.05, 0.1) is 15.5 Å². The van der Waals surface area contributed by atoms with Gasteiger partial charge in [-0.15, -0.1) is 0 Å². The minimum absolute atomic E-state index is 0.551. The lowest BCUT2D eigenvalue weighted by Gasteiger charge is -2.43. The average molecular weight is 365 g/mol. The van der Waals surface area contributed by atoms with E-state index in [0.29, 0.717) is 5.56 Å². The van der Waals surface area contributed by atoms with Crippen LogP contribution in [-0.2, 0) is 25.2 Å². The summed E-state index contributed by atoms with van der Waals surface area (Å²) < 4.78 is 11.5. The normalized spacial score (nSPS) is 31.0. The van der Waals surface area contributed by atoms with Crippen LogP contribution in [0.3, 0.4) is 0 Å². The summed E-state index contributed by atoms with van der Waals surface area (Å²) >= 11 is 0. The number of hydrogen-bond acceptors (Lipinski definition) is 5. The summed E-state index contributed by atoms with van der Waals surface area (Å²) in [5.74, 6) is -2.33. The van der Waals surface area contributed by atoms with Crippen LogP contribution in [-0.4, -0.2) is 54.2 Å². The molecule has 2 aliphatic rings. The molecule has 2 fully saturated rings. The fraction of sp³-hybridized carbons (Fsp3) is 0.438. The Morgan fingerprint density at radius 1 is 1.32 bits per heavy atom. The lowest BCUT2D eigenvalue weighted by molar-refractivity contribution is -0.161. The van der Waals surface area contributed by atoms with E-state index in [1.807, 2.05) is 0 Å². The van der Waals surface area contributed by atoms with Crippen molar-refractivity contribution in [2.45, 2.75) is 42.1 Å². The van der Waals surface area contributed by atoms with Crippen LogP contribution in [0.5, 0.6) is 0 Å². The SMILES string of the molecule is CC1(C)[C@H](C(=O)O)N2C(=O)[C@@H](NC(=O)C(N)c3ccccc3)[C@H]2S1=O. The Balaban J connectivity index is 1.78. The lowest BCUT2D eigenvalue weighted by atomic mass is 9.95. The van der Waals surface area contributed by atoms with Gasteiger partial charge >= 0.3 is 5.97 Å². The molecule has 1 aromatic carbocycles. The van der Waals surface area contributed by atoms with Gasteiger partial charge in [0, 0.05) is 0 Å². The third-order valence-electron chi connectivity index (χ3n) is 4.73. The number of nitrogens with one attached hydrogen (secondary N) is 1. The van der Waals surface area contributed by atoms with Gasteiger partial charge in [-0.05, 0) is 19.4 Å².